The number of hydrogen-bond donors (Lipinski definition) is 1. The number of furan rings is 1. The number of carbonyl (C=O) groups is 1. The van der Waals surface area contributed by atoms with E-state index < -0.39 is 5.91 Å². The highest BCUT2D eigenvalue weighted by atomic mass is 79.9. The molecule has 3 aromatic rings. The molecule has 1 aromatic heterocycles. The number of hydrogen-bond acceptors (Lipinski definition) is 4. The molecule has 0 aliphatic carbocycles. The van der Waals surface area contributed by atoms with E-state index in [0.717, 1.165) is 26.7 Å². The number of hydrazone groups is 1. The second-order valence-corrected chi connectivity index (χ2v) is 6.79. The van der Waals surface area contributed by atoms with Gasteiger partial charge < -0.3 is 9.15 Å². The molecule has 1 N–H and O–H groups in total. The number of fused-ring (bicyclic) bond motifs is 1. The summed E-state index contributed by atoms with van der Waals surface area (Å²) in [4.78, 5) is 12.2. The van der Waals surface area contributed by atoms with Gasteiger partial charge in [-0.2, -0.15) is 5.10 Å². The minimum atomic E-state index is -0.413. The number of amides is 1. The van der Waals surface area contributed by atoms with E-state index in [1.165, 1.54) is 0 Å². The van der Waals surface area contributed by atoms with Crippen LogP contribution in [0.5, 0.6) is 5.75 Å². The third-order valence-electron chi connectivity index (χ3n) is 3.88. The van der Waals surface area contributed by atoms with Gasteiger partial charge in [0, 0.05) is 5.39 Å². The number of ether oxygens (including phenoxy) is 1. The van der Waals surface area contributed by atoms with Gasteiger partial charge in [-0.15, -0.1) is 6.58 Å². The van der Waals surface area contributed by atoms with E-state index in [1.54, 1.807) is 24.4 Å². The lowest BCUT2D eigenvalue weighted by molar-refractivity contribution is 0.0929. The molecule has 0 aliphatic heterocycles. The third kappa shape index (κ3) is 4.58. The first kappa shape index (κ1) is 19.6. The predicted octanol–water partition coefficient (Wildman–Crippen LogP) is 5.25. The highest BCUT2D eigenvalue weighted by Crippen LogP contribution is 2.31. The molecule has 6 heteroatoms. The van der Waals surface area contributed by atoms with Crippen molar-refractivity contribution in [2.24, 2.45) is 5.10 Å². The van der Waals surface area contributed by atoms with Crippen LogP contribution in [-0.4, -0.2) is 18.7 Å². The molecule has 0 spiro atoms. The zero-order valence-corrected chi connectivity index (χ0v) is 16.7. The molecule has 28 heavy (non-hydrogen) atoms. The molecule has 0 atom stereocenters. The minimum Gasteiger partial charge on any atom is -0.488 e. The molecule has 0 saturated heterocycles. The molecule has 1 amide bonds. The van der Waals surface area contributed by atoms with Crippen LogP contribution in [0.25, 0.3) is 11.0 Å². The average molecular weight is 439 g/mol. The first-order chi connectivity index (χ1) is 13.6. The van der Waals surface area contributed by atoms with Gasteiger partial charge in [-0.05, 0) is 57.7 Å². The second kappa shape index (κ2) is 9.19. The number of benzene rings is 2. The lowest BCUT2D eigenvalue weighted by Crippen LogP contribution is -2.16. The lowest BCUT2D eigenvalue weighted by Gasteiger charge is -2.12. The van der Waals surface area contributed by atoms with Crippen LogP contribution in [0.15, 0.2) is 81.8 Å². The Hall–Kier alpha value is -3.12. The molecule has 0 fully saturated rings. The second-order valence-electron chi connectivity index (χ2n) is 5.93. The van der Waals surface area contributed by atoms with E-state index in [0.29, 0.717) is 18.6 Å². The van der Waals surface area contributed by atoms with Crippen molar-refractivity contribution in [3.63, 3.8) is 0 Å². The topological polar surface area (TPSA) is 63.8 Å². The van der Waals surface area contributed by atoms with E-state index in [2.05, 4.69) is 39.6 Å². The fourth-order valence-corrected chi connectivity index (χ4v) is 3.31. The Kier molecular flexibility index (Phi) is 6.45. The Morgan fingerprint density at radius 3 is 2.79 bits per heavy atom. The van der Waals surface area contributed by atoms with Crippen molar-refractivity contribution in [3.8, 4) is 5.75 Å². The molecule has 0 saturated carbocycles. The van der Waals surface area contributed by atoms with Crippen LogP contribution in [0, 0.1) is 0 Å². The quantitative estimate of drug-likeness (QED) is 0.296. The first-order valence-electron chi connectivity index (χ1n) is 8.61. The van der Waals surface area contributed by atoms with Crippen molar-refractivity contribution in [1.82, 2.24) is 5.43 Å². The number of rotatable bonds is 8. The minimum absolute atomic E-state index is 0.208. The van der Waals surface area contributed by atoms with Crippen LogP contribution in [-0.2, 0) is 6.42 Å². The van der Waals surface area contributed by atoms with Crippen molar-refractivity contribution in [3.05, 3.63) is 89.1 Å². The van der Waals surface area contributed by atoms with Crippen molar-refractivity contribution >= 4 is 39.0 Å². The Labute approximate surface area is 171 Å². The monoisotopic (exact) mass is 438 g/mol. The molecule has 0 radical (unpaired) electrons. The summed E-state index contributed by atoms with van der Waals surface area (Å²) in [5.74, 6) is 0.534. The standard InChI is InChI=1S/C22H19BrN2O3/c1-3-7-17-11-15(12-18(23)21(17)27-10-4-2)14-24-25-22(26)20-13-16-8-5-6-9-19(16)28-20/h3-6,8-9,11-14H,1-2,7,10H2,(H,25,26)/b24-14+. The highest BCUT2D eigenvalue weighted by Gasteiger charge is 2.12. The molecule has 5 nitrogen and oxygen atoms in total. The molecule has 0 unspecified atom stereocenters. The fraction of sp³-hybridized carbons (Fsp3) is 0.0909. The van der Waals surface area contributed by atoms with Crippen molar-refractivity contribution in [1.29, 1.82) is 0 Å². The van der Waals surface area contributed by atoms with Crippen LogP contribution in [0.3, 0.4) is 0 Å². The van der Waals surface area contributed by atoms with Crippen LogP contribution in [0.2, 0.25) is 0 Å². The van der Waals surface area contributed by atoms with E-state index in [-0.39, 0.29) is 5.76 Å². The van der Waals surface area contributed by atoms with Gasteiger partial charge in [-0.25, -0.2) is 5.43 Å². The molecular weight excluding hydrogens is 420 g/mol. The van der Waals surface area contributed by atoms with Gasteiger partial charge in [0.15, 0.2) is 5.76 Å². The lowest BCUT2D eigenvalue weighted by atomic mass is 10.1. The van der Waals surface area contributed by atoms with Gasteiger partial charge in [-0.3, -0.25) is 4.79 Å². The summed E-state index contributed by atoms with van der Waals surface area (Å²) in [5, 5.41) is 4.90. The normalized spacial score (nSPS) is 10.9. The summed E-state index contributed by atoms with van der Waals surface area (Å²) < 4.78 is 12.0. The van der Waals surface area contributed by atoms with Gasteiger partial charge in [0.1, 0.15) is 17.9 Å². The molecule has 1 heterocycles. The van der Waals surface area contributed by atoms with Gasteiger partial charge in [-0.1, -0.05) is 36.9 Å². The Bertz CT molecular complexity index is 1020. The van der Waals surface area contributed by atoms with E-state index in [1.807, 2.05) is 36.4 Å². The van der Waals surface area contributed by atoms with Gasteiger partial charge in [0.2, 0.25) is 0 Å². The van der Waals surface area contributed by atoms with Crippen LogP contribution in [0.1, 0.15) is 21.7 Å². The van der Waals surface area contributed by atoms with E-state index in [9.17, 15) is 4.79 Å². The Balaban J connectivity index is 1.74. The van der Waals surface area contributed by atoms with Crippen LogP contribution >= 0.6 is 15.9 Å². The number of allylic oxidation sites excluding steroid dienone is 1. The SMILES string of the molecule is C=CCOc1c(Br)cc(/C=N/NC(=O)c2cc3ccccc3o2)cc1CC=C. The molecule has 3 rings (SSSR count). The number of nitrogens with zero attached hydrogens (tertiary/aromatic N) is 1. The molecule has 142 valence electrons. The fourth-order valence-electron chi connectivity index (χ4n) is 2.67. The van der Waals surface area contributed by atoms with Crippen LogP contribution < -0.4 is 10.2 Å². The number of carbonyl (C=O) groups excluding carboxylic acids is 1. The van der Waals surface area contributed by atoms with E-state index >= 15 is 0 Å². The van der Waals surface area contributed by atoms with Gasteiger partial charge >= 0.3 is 5.91 Å². The summed E-state index contributed by atoms with van der Waals surface area (Å²) in [7, 11) is 0. The summed E-state index contributed by atoms with van der Waals surface area (Å²) in [6, 6.07) is 12.9. The van der Waals surface area contributed by atoms with Crippen molar-refractivity contribution in [2.75, 3.05) is 6.61 Å². The summed E-state index contributed by atoms with van der Waals surface area (Å²) in [6.07, 6.45) is 5.69. The summed E-state index contributed by atoms with van der Waals surface area (Å²) in [5.41, 5.74) is 4.90. The Morgan fingerprint density at radius 2 is 2.04 bits per heavy atom. The third-order valence-corrected chi connectivity index (χ3v) is 4.47. The van der Waals surface area contributed by atoms with Crippen molar-refractivity contribution < 1.29 is 13.9 Å². The summed E-state index contributed by atoms with van der Waals surface area (Å²) >= 11 is 3.52. The maximum Gasteiger partial charge on any atom is 0.307 e. The molecular formula is C22H19BrN2O3. The smallest absolute Gasteiger partial charge is 0.307 e. The zero-order valence-electron chi connectivity index (χ0n) is 15.2. The first-order valence-corrected chi connectivity index (χ1v) is 9.40. The molecule has 2 aromatic carbocycles. The molecule has 0 bridgehead atoms. The van der Waals surface area contributed by atoms with Crippen molar-refractivity contribution in [2.45, 2.75) is 6.42 Å². The van der Waals surface area contributed by atoms with Gasteiger partial charge in [0.05, 0.1) is 10.7 Å². The number of para-hydroxylation sites is 1. The largest absolute Gasteiger partial charge is 0.488 e. The maximum atomic E-state index is 12.2. The number of nitrogens with one attached hydrogen (secondary N) is 1. The average Bonchev–Trinajstić information content (AvgIpc) is 3.12. The maximum absolute atomic E-state index is 12.2. The zero-order chi connectivity index (χ0) is 19.9. The highest BCUT2D eigenvalue weighted by molar-refractivity contribution is 9.10. The van der Waals surface area contributed by atoms with Gasteiger partial charge in [0.25, 0.3) is 0 Å². The predicted molar refractivity (Wildman–Crippen MR) is 115 cm³/mol. The van der Waals surface area contributed by atoms with Crippen LogP contribution in [0.4, 0.5) is 0 Å². The summed E-state index contributed by atoms with van der Waals surface area (Å²) in [6.45, 7) is 7.85. The van der Waals surface area contributed by atoms with E-state index in [4.69, 9.17) is 9.15 Å². The molecule has 0 aliphatic rings. The Morgan fingerprint density at radius 1 is 1.21 bits per heavy atom. The number of halogens is 1.